The predicted molar refractivity (Wildman–Crippen MR) is 46.1 cm³/mol. The molecule has 0 N–H and O–H groups in total. The van der Waals surface area contributed by atoms with E-state index in [1.54, 1.807) is 0 Å². The molecule has 0 aliphatic heterocycles. The van der Waals surface area contributed by atoms with Crippen LogP contribution in [-0.2, 0) is 23.7 Å². The molecule has 1 aromatic carbocycles. The van der Waals surface area contributed by atoms with E-state index in [0.717, 1.165) is 0 Å². The van der Waals surface area contributed by atoms with Crippen molar-refractivity contribution in [3.05, 3.63) is 27.8 Å². The molecule has 0 fully saturated rings. The van der Waals surface area contributed by atoms with Gasteiger partial charge in [0.15, 0.2) is 0 Å². The Morgan fingerprint density at radius 1 is 1.18 bits per heavy atom. The summed E-state index contributed by atoms with van der Waals surface area (Å²) in [5.41, 5.74) is 0. The third kappa shape index (κ3) is 7.66. The van der Waals surface area contributed by atoms with Gasteiger partial charge in [0.1, 0.15) is 0 Å². The van der Waals surface area contributed by atoms with Crippen LogP contribution in [0.4, 0.5) is 0 Å². The quantitative estimate of drug-likeness (QED) is 0.410. The molecule has 4 heteroatoms. The van der Waals surface area contributed by atoms with Crippen LogP contribution in [0, 0.1) is 3.57 Å². The van der Waals surface area contributed by atoms with Crippen molar-refractivity contribution >= 4 is 32.2 Å². The summed E-state index contributed by atoms with van der Waals surface area (Å²) in [6, 6.07) is 8.20. The first-order valence-corrected chi connectivity index (χ1v) is 4.71. The van der Waals surface area contributed by atoms with Crippen LogP contribution in [0.3, 0.4) is 0 Å². The van der Waals surface area contributed by atoms with Gasteiger partial charge in [0.2, 0.25) is 0 Å². The molecule has 1 aromatic rings. The summed E-state index contributed by atoms with van der Waals surface area (Å²) in [5, 5.41) is 0. The van der Waals surface area contributed by atoms with E-state index in [2.05, 4.69) is 34.7 Å². The van der Waals surface area contributed by atoms with E-state index in [1.807, 2.05) is 12.1 Å². The summed E-state index contributed by atoms with van der Waals surface area (Å²) >= 11 is 2.05. The van der Waals surface area contributed by atoms with Crippen LogP contribution in [0.15, 0.2) is 24.3 Å². The van der Waals surface area contributed by atoms with Gasteiger partial charge >= 0.3 is 33.2 Å². The predicted octanol–water partition coefficient (Wildman–Crippen LogP) is 1.21. The molecule has 2 nitrogen and oxygen atoms in total. The van der Waals surface area contributed by atoms with E-state index < -0.39 is 0 Å². The molecule has 0 radical (unpaired) electrons. The van der Waals surface area contributed by atoms with Crippen molar-refractivity contribution < 1.29 is 23.7 Å². The van der Waals surface area contributed by atoms with Gasteiger partial charge < -0.3 is 0 Å². The maximum absolute atomic E-state index is 9.02. The van der Waals surface area contributed by atoms with Crippen molar-refractivity contribution in [2.24, 2.45) is 0 Å². The second kappa shape index (κ2) is 7.86. The summed E-state index contributed by atoms with van der Waals surface area (Å²) in [4.78, 5) is 20.7. The topological polar surface area (TPSA) is 34.1 Å². The van der Waals surface area contributed by atoms with Gasteiger partial charge in [-0.25, -0.2) is 12.1 Å². The SMILES string of the molecule is I[c-]1cccc1.O=[C]=[Fe]=[C]=O. The first-order chi connectivity index (χ1) is 5.31. The zero-order chi connectivity index (χ0) is 8.53. The van der Waals surface area contributed by atoms with Gasteiger partial charge in [-0.2, -0.15) is 12.1 Å². The Bertz CT molecular complexity index is 276. The zero-order valence-electron chi connectivity index (χ0n) is 5.36. The van der Waals surface area contributed by atoms with E-state index in [0.29, 0.717) is 0 Å². The number of hydrogen-bond donors (Lipinski definition) is 0. The van der Waals surface area contributed by atoms with Gasteiger partial charge in [0.05, 0.1) is 0 Å². The number of carbonyl (C=O) groups excluding carboxylic acids is 2. The Morgan fingerprint density at radius 3 is 1.73 bits per heavy atom. The van der Waals surface area contributed by atoms with E-state index in [4.69, 9.17) is 9.59 Å². The van der Waals surface area contributed by atoms with Crippen molar-refractivity contribution in [1.82, 2.24) is 0 Å². The average Bonchev–Trinajstić information content (AvgIpc) is 2.43. The van der Waals surface area contributed by atoms with Crippen LogP contribution in [0.5, 0.6) is 0 Å². The summed E-state index contributed by atoms with van der Waals surface area (Å²) in [5.74, 6) is 0. The van der Waals surface area contributed by atoms with E-state index in [-0.39, 0.29) is 14.1 Å². The van der Waals surface area contributed by atoms with Crippen LogP contribution >= 0.6 is 22.6 Å². The maximum atomic E-state index is 9.02. The molecule has 60 valence electrons. The van der Waals surface area contributed by atoms with Crippen molar-refractivity contribution in [1.29, 1.82) is 0 Å². The van der Waals surface area contributed by atoms with Crippen LogP contribution < -0.4 is 0 Å². The molecule has 0 atom stereocenters. The molecule has 1 rings (SSSR count). The normalized spacial score (nSPS) is 7.00. The molecule has 0 aliphatic carbocycles. The molecular weight excluding hydrogens is 299 g/mol. The Hall–Kier alpha value is -0.241. The molecule has 11 heavy (non-hydrogen) atoms. The van der Waals surface area contributed by atoms with Gasteiger partial charge in [-0.15, -0.1) is 22.6 Å². The standard InChI is InChI=1S/C5H4I.2CO.Fe/c6-5-3-1-2-4-5;2*1-2;/h1-4H;;;/q-1;;;. The Morgan fingerprint density at radius 2 is 1.64 bits per heavy atom. The molecule has 0 spiro atoms. The third-order valence-electron chi connectivity index (χ3n) is 0.694. The first-order valence-electron chi connectivity index (χ1n) is 2.53. The third-order valence-corrected chi connectivity index (χ3v) is 1.64. The van der Waals surface area contributed by atoms with Crippen LogP contribution in [0.25, 0.3) is 0 Å². The van der Waals surface area contributed by atoms with Crippen molar-refractivity contribution in [2.45, 2.75) is 0 Å². The molecule has 0 bridgehead atoms. The van der Waals surface area contributed by atoms with Gasteiger partial charge in [0, 0.05) is 0 Å². The molecule has 0 amide bonds. The molecule has 0 aromatic heterocycles. The Kier molecular flexibility index (Phi) is 7.69. The van der Waals surface area contributed by atoms with Crippen LogP contribution in [0.2, 0.25) is 0 Å². The minimum absolute atomic E-state index is 0.222. The Labute approximate surface area is 83.4 Å². The second-order valence-corrected chi connectivity index (χ2v) is 3.31. The number of rotatable bonds is 0. The van der Waals surface area contributed by atoms with E-state index >= 15 is 0 Å². The monoisotopic (exact) mass is 303 g/mol. The molecule has 0 saturated heterocycles. The summed E-state index contributed by atoms with van der Waals surface area (Å²) < 4.78 is 1.31. The van der Waals surface area contributed by atoms with E-state index in [1.165, 1.54) is 13.1 Å². The van der Waals surface area contributed by atoms with Crippen molar-refractivity contribution in [3.63, 3.8) is 0 Å². The van der Waals surface area contributed by atoms with Crippen LogP contribution in [-0.4, -0.2) is 9.57 Å². The summed E-state index contributed by atoms with van der Waals surface area (Å²) in [6.45, 7) is 0. The minimum atomic E-state index is -0.222. The molecule has 0 saturated carbocycles. The molecule has 0 heterocycles. The number of hydrogen-bond acceptors (Lipinski definition) is 2. The van der Waals surface area contributed by atoms with Gasteiger partial charge in [-0.05, 0) is 0 Å². The summed E-state index contributed by atoms with van der Waals surface area (Å²) in [6.07, 6.45) is 0. The molecule has 0 aliphatic rings. The number of halogens is 1. The van der Waals surface area contributed by atoms with Gasteiger partial charge in [-0.3, -0.25) is 0 Å². The Balaban J connectivity index is 0.000000187. The average molecular weight is 303 g/mol. The zero-order valence-corrected chi connectivity index (χ0v) is 8.62. The van der Waals surface area contributed by atoms with Crippen molar-refractivity contribution in [2.75, 3.05) is 0 Å². The van der Waals surface area contributed by atoms with Crippen LogP contribution in [0.1, 0.15) is 0 Å². The fraction of sp³-hybridized carbons (Fsp3) is 0. The fourth-order valence-electron chi connectivity index (χ4n) is 0.365. The molecule has 0 unspecified atom stereocenters. The molecular formula is C7H4FeIO2-. The summed E-state index contributed by atoms with van der Waals surface area (Å²) in [7, 11) is 0. The van der Waals surface area contributed by atoms with Gasteiger partial charge in [0.25, 0.3) is 0 Å². The van der Waals surface area contributed by atoms with E-state index in [9.17, 15) is 0 Å². The second-order valence-electron chi connectivity index (χ2n) is 1.34. The van der Waals surface area contributed by atoms with Gasteiger partial charge in [-0.1, -0.05) is 3.57 Å². The first kappa shape index (κ1) is 10.8. The fourth-order valence-corrected chi connectivity index (χ4v) is 0.826. The van der Waals surface area contributed by atoms with Crippen molar-refractivity contribution in [3.8, 4) is 0 Å².